The minimum absolute atomic E-state index is 0.816. The highest BCUT2D eigenvalue weighted by atomic mass is 15.1. The predicted molar refractivity (Wildman–Crippen MR) is 70.1 cm³/mol. The van der Waals surface area contributed by atoms with Crippen molar-refractivity contribution >= 4 is 5.69 Å². The summed E-state index contributed by atoms with van der Waals surface area (Å²) in [5, 5.41) is 3.42. The van der Waals surface area contributed by atoms with Crippen molar-refractivity contribution in [2.45, 2.75) is 19.8 Å². The third kappa shape index (κ3) is 2.76. The summed E-state index contributed by atoms with van der Waals surface area (Å²) in [6.07, 6.45) is 2.44. The second-order valence-corrected chi connectivity index (χ2v) is 4.76. The lowest BCUT2D eigenvalue weighted by molar-refractivity contribution is 0.578. The van der Waals surface area contributed by atoms with Gasteiger partial charge in [-0.15, -0.1) is 0 Å². The van der Waals surface area contributed by atoms with Crippen molar-refractivity contribution in [2.75, 3.05) is 31.6 Å². The Morgan fingerprint density at radius 2 is 2.06 bits per heavy atom. The van der Waals surface area contributed by atoms with Crippen LogP contribution >= 0.6 is 0 Å². The molecule has 1 unspecified atom stereocenters. The summed E-state index contributed by atoms with van der Waals surface area (Å²) in [7, 11) is 2.19. The first kappa shape index (κ1) is 11.5. The molecule has 1 heterocycles. The third-order valence-corrected chi connectivity index (χ3v) is 3.48. The van der Waals surface area contributed by atoms with Crippen LogP contribution in [0.4, 0.5) is 5.69 Å². The lowest BCUT2D eigenvalue weighted by atomic mass is 10.1. The number of rotatable bonds is 4. The van der Waals surface area contributed by atoms with Gasteiger partial charge in [0.2, 0.25) is 0 Å². The number of aryl methyl sites for hydroxylation is 1. The molecule has 0 saturated carbocycles. The number of hydrogen-bond acceptors (Lipinski definition) is 2. The Hall–Kier alpha value is -1.02. The van der Waals surface area contributed by atoms with Crippen LogP contribution in [-0.4, -0.2) is 26.7 Å². The summed E-state index contributed by atoms with van der Waals surface area (Å²) in [5.74, 6) is 0.816. The molecule has 1 fully saturated rings. The summed E-state index contributed by atoms with van der Waals surface area (Å²) in [6, 6.07) is 8.94. The summed E-state index contributed by atoms with van der Waals surface area (Å²) in [4.78, 5) is 2.37. The molecule has 2 heteroatoms. The molecule has 1 aromatic carbocycles. The van der Waals surface area contributed by atoms with Gasteiger partial charge in [0, 0.05) is 19.3 Å². The van der Waals surface area contributed by atoms with Gasteiger partial charge in [0.25, 0.3) is 0 Å². The van der Waals surface area contributed by atoms with Gasteiger partial charge in [-0.2, -0.15) is 0 Å². The van der Waals surface area contributed by atoms with E-state index in [2.05, 4.69) is 48.5 Å². The van der Waals surface area contributed by atoms with E-state index >= 15 is 0 Å². The van der Waals surface area contributed by atoms with Gasteiger partial charge in [-0.3, -0.25) is 0 Å². The van der Waals surface area contributed by atoms with Gasteiger partial charge < -0.3 is 10.2 Å². The van der Waals surface area contributed by atoms with E-state index in [9.17, 15) is 0 Å². The Bertz CT molecular complexity index is 312. The highest BCUT2D eigenvalue weighted by molar-refractivity contribution is 5.46. The van der Waals surface area contributed by atoms with Crippen LogP contribution in [0.2, 0.25) is 0 Å². The first-order valence-corrected chi connectivity index (χ1v) is 6.30. The Kier molecular flexibility index (Phi) is 3.83. The minimum atomic E-state index is 0.816. The molecular weight excluding hydrogens is 196 g/mol. The van der Waals surface area contributed by atoms with Crippen LogP contribution in [0.5, 0.6) is 0 Å². The molecular formula is C14H22N2. The highest BCUT2D eigenvalue weighted by Crippen LogP contribution is 2.17. The molecule has 2 nitrogen and oxygen atoms in total. The van der Waals surface area contributed by atoms with E-state index in [0.717, 1.165) is 12.3 Å². The second-order valence-electron chi connectivity index (χ2n) is 4.76. The SMILES string of the molecule is CCc1ccc(N(C)CC2CCNC2)cc1. The van der Waals surface area contributed by atoms with E-state index in [0.29, 0.717) is 0 Å². The summed E-state index contributed by atoms with van der Waals surface area (Å²) in [6.45, 7) is 5.73. The Morgan fingerprint density at radius 1 is 1.31 bits per heavy atom. The van der Waals surface area contributed by atoms with Gasteiger partial charge >= 0.3 is 0 Å². The molecule has 88 valence electrons. The first-order valence-electron chi connectivity index (χ1n) is 6.30. The molecule has 0 radical (unpaired) electrons. The zero-order valence-corrected chi connectivity index (χ0v) is 10.4. The van der Waals surface area contributed by atoms with Crippen LogP contribution in [0.1, 0.15) is 18.9 Å². The average Bonchev–Trinajstić information content (AvgIpc) is 2.82. The van der Waals surface area contributed by atoms with Gasteiger partial charge in [-0.05, 0) is 49.5 Å². The van der Waals surface area contributed by atoms with Crippen molar-refractivity contribution in [1.82, 2.24) is 5.32 Å². The van der Waals surface area contributed by atoms with E-state index in [1.807, 2.05) is 0 Å². The number of anilines is 1. The molecule has 2 rings (SSSR count). The maximum atomic E-state index is 3.42. The molecule has 1 aromatic rings. The Labute approximate surface area is 98.7 Å². The van der Waals surface area contributed by atoms with Crippen molar-refractivity contribution < 1.29 is 0 Å². The molecule has 1 N–H and O–H groups in total. The molecule has 1 saturated heterocycles. The molecule has 1 aliphatic rings. The van der Waals surface area contributed by atoms with Gasteiger partial charge in [0.15, 0.2) is 0 Å². The molecule has 0 spiro atoms. The number of hydrogen-bond donors (Lipinski definition) is 1. The van der Waals surface area contributed by atoms with Crippen LogP contribution in [0.25, 0.3) is 0 Å². The van der Waals surface area contributed by atoms with E-state index in [1.165, 1.54) is 37.3 Å². The molecule has 1 atom stereocenters. The Balaban J connectivity index is 1.94. The van der Waals surface area contributed by atoms with Crippen LogP contribution in [-0.2, 0) is 6.42 Å². The van der Waals surface area contributed by atoms with E-state index in [4.69, 9.17) is 0 Å². The first-order chi connectivity index (χ1) is 7.79. The lowest BCUT2D eigenvalue weighted by Crippen LogP contribution is -2.26. The van der Waals surface area contributed by atoms with Crippen molar-refractivity contribution in [3.63, 3.8) is 0 Å². The van der Waals surface area contributed by atoms with E-state index in [1.54, 1.807) is 0 Å². The van der Waals surface area contributed by atoms with Crippen LogP contribution in [0.3, 0.4) is 0 Å². The highest BCUT2D eigenvalue weighted by Gasteiger charge is 2.16. The van der Waals surface area contributed by atoms with Crippen molar-refractivity contribution in [3.8, 4) is 0 Å². The standard InChI is InChI=1S/C14H22N2/c1-3-12-4-6-14(7-5-12)16(2)11-13-8-9-15-10-13/h4-7,13,15H,3,8-11H2,1-2H3. The van der Waals surface area contributed by atoms with E-state index in [-0.39, 0.29) is 0 Å². The van der Waals surface area contributed by atoms with Gasteiger partial charge in [0.05, 0.1) is 0 Å². The van der Waals surface area contributed by atoms with E-state index < -0.39 is 0 Å². The summed E-state index contributed by atoms with van der Waals surface area (Å²) in [5.41, 5.74) is 2.75. The quantitative estimate of drug-likeness (QED) is 0.834. The largest absolute Gasteiger partial charge is 0.374 e. The topological polar surface area (TPSA) is 15.3 Å². The average molecular weight is 218 g/mol. The zero-order valence-electron chi connectivity index (χ0n) is 10.4. The number of benzene rings is 1. The fourth-order valence-corrected chi connectivity index (χ4v) is 2.35. The number of nitrogens with one attached hydrogen (secondary N) is 1. The second kappa shape index (κ2) is 5.35. The molecule has 0 bridgehead atoms. The monoisotopic (exact) mass is 218 g/mol. The van der Waals surface area contributed by atoms with Crippen LogP contribution in [0, 0.1) is 5.92 Å². The number of nitrogens with zero attached hydrogens (tertiary/aromatic N) is 1. The smallest absolute Gasteiger partial charge is 0.0363 e. The van der Waals surface area contributed by atoms with Crippen LogP contribution in [0.15, 0.2) is 24.3 Å². The van der Waals surface area contributed by atoms with Crippen LogP contribution < -0.4 is 10.2 Å². The molecule has 0 amide bonds. The van der Waals surface area contributed by atoms with Gasteiger partial charge in [0.1, 0.15) is 0 Å². The summed E-state index contributed by atoms with van der Waals surface area (Å²) >= 11 is 0. The molecule has 0 aliphatic carbocycles. The van der Waals surface area contributed by atoms with Crippen molar-refractivity contribution in [1.29, 1.82) is 0 Å². The van der Waals surface area contributed by atoms with Crippen molar-refractivity contribution in [3.05, 3.63) is 29.8 Å². The maximum absolute atomic E-state index is 3.42. The predicted octanol–water partition coefficient (Wildman–Crippen LogP) is 2.29. The molecule has 1 aliphatic heterocycles. The van der Waals surface area contributed by atoms with Crippen molar-refractivity contribution in [2.24, 2.45) is 5.92 Å². The third-order valence-electron chi connectivity index (χ3n) is 3.48. The molecule has 16 heavy (non-hydrogen) atoms. The fraction of sp³-hybridized carbons (Fsp3) is 0.571. The van der Waals surface area contributed by atoms with Gasteiger partial charge in [-0.25, -0.2) is 0 Å². The normalized spacial score (nSPS) is 20.0. The van der Waals surface area contributed by atoms with Gasteiger partial charge in [-0.1, -0.05) is 19.1 Å². The fourth-order valence-electron chi connectivity index (χ4n) is 2.35. The zero-order chi connectivity index (χ0) is 11.4. The minimum Gasteiger partial charge on any atom is -0.374 e. The lowest BCUT2D eigenvalue weighted by Gasteiger charge is -2.22. The summed E-state index contributed by atoms with van der Waals surface area (Å²) < 4.78 is 0. The maximum Gasteiger partial charge on any atom is 0.0363 e. The molecule has 0 aromatic heterocycles. The Morgan fingerprint density at radius 3 is 2.62 bits per heavy atom.